The van der Waals surface area contributed by atoms with Crippen LogP contribution in [0.4, 0.5) is 9.59 Å². The number of Topliss-reactive ketones (excluding diaryl/α,β-unsaturated/α-hetero) is 2. The normalized spacial score (nSPS) is 26.1. The summed E-state index contributed by atoms with van der Waals surface area (Å²) in [5.74, 6) is -2.47. The molecule has 4 aromatic heterocycles. The zero-order valence-electron chi connectivity index (χ0n) is 59.7. The third-order valence-corrected chi connectivity index (χ3v) is 20.5. The second-order valence-electron chi connectivity index (χ2n) is 28.4. The zero-order valence-corrected chi connectivity index (χ0v) is 60.3. The van der Waals surface area contributed by atoms with Gasteiger partial charge >= 0.3 is 43.0 Å². The number of rotatable bonds is 11. The summed E-state index contributed by atoms with van der Waals surface area (Å²) in [6.45, 7) is 12.7. The van der Waals surface area contributed by atoms with E-state index in [0.717, 1.165) is 53.8 Å². The summed E-state index contributed by atoms with van der Waals surface area (Å²) in [6, 6.07) is 19.1. The van der Waals surface area contributed by atoms with Gasteiger partial charge in [0.25, 0.3) is 0 Å². The minimum Gasteiger partial charge on any atom is -1.00 e. The van der Waals surface area contributed by atoms with Crippen LogP contribution < -0.4 is 39.0 Å². The van der Waals surface area contributed by atoms with E-state index in [2.05, 4.69) is 16.7 Å². The predicted octanol–water partition coefficient (Wildman–Crippen LogP) is 8.29. The number of hydrogen-bond donors (Lipinski definition) is 3. The second-order valence-corrected chi connectivity index (χ2v) is 30.3. The number of para-hydroxylation sites is 4. The van der Waals surface area contributed by atoms with Crippen molar-refractivity contribution in [3.63, 3.8) is 0 Å². The van der Waals surface area contributed by atoms with E-state index in [0.29, 0.717) is 78.2 Å². The van der Waals surface area contributed by atoms with E-state index in [1.165, 1.54) is 32.5 Å². The van der Waals surface area contributed by atoms with E-state index in [4.69, 9.17) is 43.6 Å². The molecule has 4 fully saturated rings. The number of ketones is 2. The Labute approximate surface area is 609 Å². The number of hydrogen-bond acceptors (Lipinski definition) is 19. The molecule has 538 valence electrons. The molecule has 2 aromatic carbocycles. The predicted molar refractivity (Wildman–Crippen MR) is 378 cm³/mol. The quantitative estimate of drug-likeness (QED) is 0.0475. The van der Waals surface area contributed by atoms with Crippen LogP contribution in [0.5, 0.6) is 11.8 Å². The van der Waals surface area contributed by atoms with Crippen LogP contribution in [0.1, 0.15) is 153 Å². The van der Waals surface area contributed by atoms with Gasteiger partial charge in [0.05, 0.1) is 74.4 Å². The maximum Gasteiger partial charge on any atom is 1.00 e. The van der Waals surface area contributed by atoms with Gasteiger partial charge in [-0.05, 0) is 159 Å². The first-order valence-electron chi connectivity index (χ1n) is 34.2. The number of benzene rings is 2. The fraction of sp³-hybridized carbons (Fsp3) is 0.514. The summed E-state index contributed by atoms with van der Waals surface area (Å²) in [6.07, 6.45) is 13.6. The van der Waals surface area contributed by atoms with Crippen LogP contribution in [0, 0.1) is 22.7 Å². The molecule has 6 aromatic rings. The van der Waals surface area contributed by atoms with Gasteiger partial charge in [-0.15, -0.1) is 22.7 Å². The molecule has 0 bridgehead atoms. The molecule has 2 unspecified atom stereocenters. The van der Waals surface area contributed by atoms with Crippen LogP contribution in [-0.2, 0) is 43.0 Å². The van der Waals surface area contributed by atoms with Gasteiger partial charge in [-0.1, -0.05) is 86.4 Å². The topological polar surface area (TPSA) is 348 Å². The summed E-state index contributed by atoms with van der Waals surface area (Å²) < 4.78 is 29.6. The van der Waals surface area contributed by atoms with Crippen molar-refractivity contribution in [1.82, 2.24) is 40.4 Å². The van der Waals surface area contributed by atoms with Crippen molar-refractivity contribution < 1.29 is 98.4 Å². The summed E-state index contributed by atoms with van der Waals surface area (Å²) in [7, 11) is 0. The molecular weight excluding hydrogens is 1330 g/mol. The Morgan fingerprint density at radius 3 is 1.39 bits per heavy atom. The number of esters is 1. The summed E-state index contributed by atoms with van der Waals surface area (Å²) >= 11 is 3.01. The number of carboxylic acids is 1. The fourth-order valence-electron chi connectivity index (χ4n) is 13.7. The van der Waals surface area contributed by atoms with Gasteiger partial charge in [0.1, 0.15) is 46.9 Å². The van der Waals surface area contributed by atoms with E-state index in [-0.39, 0.29) is 112 Å². The number of carbonyl (C=O) groups is 8. The Bertz CT molecular complexity index is 4000. The van der Waals surface area contributed by atoms with Crippen molar-refractivity contribution in [3.8, 4) is 32.9 Å². The number of ether oxygens (including phenoxy) is 5. The number of allylic oxidation sites excluding steroid dienone is 4. The van der Waals surface area contributed by atoms with Crippen LogP contribution >= 0.6 is 22.7 Å². The van der Waals surface area contributed by atoms with E-state index < -0.39 is 82.5 Å². The molecule has 4 aliphatic heterocycles. The van der Waals surface area contributed by atoms with Crippen LogP contribution in [0.3, 0.4) is 0 Å². The van der Waals surface area contributed by atoms with Crippen molar-refractivity contribution in [3.05, 3.63) is 108 Å². The summed E-state index contributed by atoms with van der Waals surface area (Å²) in [4.78, 5) is 133. The average Bonchev–Trinajstić information content (AvgIpc) is 1.58. The monoisotopic (exact) mass is 1420 g/mol. The fourth-order valence-corrected chi connectivity index (χ4v) is 15.1. The Hall–Kier alpha value is -8.12. The van der Waals surface area contributed by atoms with E-state index in [9.17, 15) is 43.5 Å². The summed E-state index contributed by atoms with van der Waals surface area (Å²) in [5.41, 5.74) is 0.214. The number of alkyl carbamates (subject to hydrolysis) is 2. The van der Waals surface area contributed by atoms with E-state index in [1.54, 1.807) is 48.5 Å². The van der Waals surface area contributed by atoms with Crippen molar-refractivity contribution in [2.45, 2.75) is 199 Å². The second kappa shape index (κ2) is 33.8. The smallest absolute Gasteiger partial charge is 1.00 e. The van der Waals surface area contributed by atoms with Gasteiger partial charge < -0.3 is 61.6 Å². The Kier molecular flexibility index (Phi) is 26.3. The van der Waals surface area contributed by atoms with Gasteiger partial charge in [-0.2, -0.15) is 0 Å². The molecule has 0 spiro atoms. The molecule has 8 heterocycles. The van der Waals surface area contributed by atoms with Gasteiger partial charge in [0.2, 0.25) is 23.6 Å². The molecule has 24 nitrogen and oxygen atoms in total. The van der Waals surface area contributed by atoms with Gasteiger partial charge in [-0.3, -0.25) is 28.8 Å². The molecule has 12 rings (SSSR count). The SMILES string of the molecule is CC(C)(C)OC(=O)N[C@H]1CCCCC/C=C\[C@@H]2C[C@@]2(C(=O)O)CC(=O)[C@@H]2CC(Oc3nc4ccccc4nc3-c3cccs3)CN2C1=O.CCOC(=O)[C@]12CC(=O)[C@@H]3CC(Oc4nc5ccccc5nc4-c4cccs4)CN3C(=O)[C@@H](NC(=O)OC(C)(C)C)CCCCC/C=C\[C@@H]1C2.O.O.[H-].[Li+]. The van der Waals surface area contributed by atoms with Crippen LogP contribution in [0.25, 0.3) is 43.2 Å². The Balaban J connectivity index is 0.000000275. The van der Waals surface area contributed by atoms with E-state index in [1.807, 2.05) is 102 Å². The van der Waals surface area contributed by atoms with Crippen LogP contribution in [0.15, 0.2) is 108 Å². The molecule has 2 aliphatic carbocycles. The Morgan fingerprint density at radius 1 is 0.584 bits per heavy atom. The number of carboxylic acid groups (broad SMARTS) is 1. The number of amides is 4. The minimum atomic E-state index is -1.19. The molecule has 10 atom stereocenters. The van der Waals surface area contributed by atoms with Crippen LogP contribution in [-0.4, -0.2) is 161 Å². The first-order valence-corrected chi connectivity index (χ1v) is 36.0. The standard InChI is InChI=1S/C38H46N4O7S.C36H42N4O7S.Li.2H2O.H/c1-5-47-35(45)38-21-24(38)14-9-7-6-8-10-17-28(41-36(46)49-37(2,3)4)34(44)42-23-25(20-29(42)30(43)22-38)48-33-32(31-18-13-19-50-31)39-26-15-11-12-16-27(26)40-33;1-35(2,3)47-34(45)39-26-15-8-6-4-5-7-12-22-19-36(22,33(43)44)20-28(41)27-18-23(21-40(27)32(26)42)46-31-30(29-16-11-17-48-29)37-24-13-9-10-14-25(24)38-31;;;;/h9,11-16,18-19,24-25,28-29H,5-8,10,17,20-23H2,1-4H3,(H,41,46);7,9-14,16-17,22-23,26-27H,4-6,8,15,18-21H2,1-3H3,(H,39,45)(H,43,44);;2*1H2;/q;;+1;;;-1/b14-9-;12-7-;;;;/t24-,25?,28+,29+,38-;22-,23?,26+,27+,36-;;;;/m11..../s1. The summed E-state index contributed by atoms with van der Waals surface area (Å²) in [5, 5.41) is 19.7. The molecule has 0 radical (unpaired) electrons. The number of thiophene rings is 2. The molecule has 2 saturated carbocycles. The Morgan fingerprint density at radius 2 is 0.990 bits per heavy atom. The molecule has 27 heteroatoms. The van der Waals surface area contributed by atoms with E-state index >= 15 is 0 Å². The minimum absolute atomic E-state index is 0. The van der Waals surface area contributed by atoms with Gasteiger partial charge in [0, 0.05) is 25.7 Å². The number of aromatic nitrogens is 4. The van der Waals surface area contributed by atoms with Crippen molar-refractivity contribution in [1.29, 1.82) is 0 Å². The van der Waals surface area contributed by atoms with Gasteiger partial charge in [0.15, 0.2) is 11.6 Å². The number of carbonyl (C=O) groups excluding carboxylic acids is 7. The maximum absolute atomic E-state index is 14.5. The number of aliphatic carboxylic acids is 1. The molecular formula is C74H93LiN8O16S2. The zero-order chi connectivity index (χ0) is 69.5. The van der Waals surface area contributed by atoms with Gasteiger partial charge in [-0.25, -0.2) is 29.5 Å². The number of nitrogens with zero attached hydrogens (tertiary/aromatic N) is 6. The molecule has 4 amide bonds. The molecule has 2 saturated heterocycles. The third-order valence-electron chi connectivity index (χ3n) is 18.8. The third kappa shape index (κ3) is 19.1. The molecule has 6 aliphatic rings. The number of fused-ring (bicyclic) bond motifs is 6. The maximum atomic E-state index is 14.5. The van der Waals surface area contributed by atoms with Crippen molar-refractivity contribution in [2.75, 3.05) is 19.7 Å². The molecule has 101 heavy (non-hydrogen) atoms. The molecule has 7 N–H and O–H groups in total. The first-order chi connectivity index (χ1) is 46.9. The average molecular weight is 1420 g/mol. The number of nitrogens with one attached hydrogen (secondary N) is 2. The largest absolute Gasteiger partial charge is 1.00 e. The van der Waals surface area contributed by atoms with Crippen molar-refractivity contribution in [2.24, 2.45) is 22.7 Å². The van der Waals surface area contributed by atoms with Crippen LogP contribution in [0.2, 0.25) is 0 Å². The first kappa shape index (κ1) is 78.6. The van der Waals surface area contributed by atoms with Crippen molar-refractivity contribution >= 4 is 92.2 Å².